The van der Waals surface area contributed by atoms with Crippen LogP contribution in [0, 0.1) is 5.92 Å². The van der Waals surface area contributed by atoms with Gasteiger partial charge in [-0.3, -0.25) is 14.9 Å². The topological polar surface area (TPSA) is 84.4 Å². The molecule has 2 aromatic rings. The van der Waals surface area contributed by atoms with Gasteiger partial charge in [-0.05, 0) is 30.3 Å². The number of rotatable bonds is 4. The standard InChI is InChI=1S/C16H16N4O3/c1-23-13-5-3-12(4-6-13)20-10-11(9-14(20)21)15(22)19-16-17-7-2-8-18-16/h2-8,11H,9-10H2,1H3,(H,17,18,19,22)/t11-/m0/s1. The van der Waals surface area contributed by atoms with Gasteiger partial charge in [-0.25, -0.2) is 9.97 Å². The van der Waals surface area contributed by atoms with Crippen molar-refractivity contribution >= 4 is 23.5 Å². The van der Waals surface area contributed by atoms with Gasteiger partial charge in [-0.1, -0.05) is 0 Å². The van der Waals surface area contributed by atoms with Crippen LogP contribution in [0.4, 0.5) is 11.6 Å². The van der Waals surface area contributed by atoms with E-state index in [1.807, 2.05) is 0 Å². The molecule has 3 rings (SSSR count). The number of nitrogens with zero attached hydrogens (tertiary/aromatic N) is 3. The smallest absolute Gasteiger partial charge is 0.232 e. The van der Waals surface area contributed by atoms with Crippen LogP contribution in [0.2, 0.25) is 0 Å². The summed E-state index contributed by atoms with van der Waals surface area (Å²) in [5.74, 6) is 0.210. The molecule has 7 heteroatoms. The van der Waals surface area contributed by atoms with Crippen LogP contribution in [0.3, 0.4) is 0 Å². The van der Waals surface area contributed by atoms with Gasteiger partial charge >= 0.3 is 0 Å². The maximum Gasteiger partial charge on any atom is 0.232 e. The van der Waals surface area contributed by atoms with E-state index in [-0.39, 0.29) is 24.2 Å². The Labute approximate surface area is 133 Å². The molecule has 7 nitrogen and oxygen atoms in total. The van der Waals surface area contributed by atoms with Crippen molar-refractivity contribution in [1.29, 1.82) is 0 Å². The average molecular weight is 312 g/mol. The van der Waals surface area contributed by atoms with Crippen molar-refractivity contribution in [2.75, 3.05) is 23.9 Å². The van der Waals surface area contributed by atoms with Crippen LogP contribution in [-0.2, 0) is 9.59 Å². The second-order valence-electron chi connectivity index (χ2n) is 5.17. The summed E-state index contributed by atoms with van der Waals surface area (Å²) >= 11 is 0. The molecule has 1 aromatic carbocycles. The highest BCUT2D eigenvalue weighted by Crippen LogP contribution is 2.27. The number of amides is 2. The summed E-state index contributed by atoms with van der Waals surface area (Å²) in [7, 11) is 1.59. The van der Waals surface area contributed by atoms with E-state index >= 15 is 0 Å². The Hall–Kier alpha value is -2.96. The Bertz CT molecular complexity index is 703. The molecule has 1 aliphatic heterocycles. The van der Waals surface area contributed by atoms with E-state index < -0.39 is 5.92 Å². The zero-order valence-electron chi connectivity index (χ0n) is 12.6. The molecule has 1 fully saturated rings. The normalized spacial score (nSPS) is 17.2. The quantitative estimate of drug-likeness (QED) is 0.924. The highest BCUT2D eigenvalue weighted by atomic mass is 16.5. The van der Waals surface area contributed by atoms with Crippen LogP contribution in [0.15, 0.2) is 42.7 Å². The third-order valence-electron chi connectivity index (χ3n) is 3.68. The van der Waals surface area contributed by atoms with Crippen LogP contribution < -0.4 is 15.0 Å². The number of methoxy groups -OCH3 is 1. The Morgan fingerprint density at radius 3 is 2.61 bits per heavy atom. The summed E-state index contributed by atoms with van der Waals surface area (Å²) in [6.45, 7) is 0.337. The lowest BCUT2D eigenvalue weighted by Crippen LogP contribution is -2.28. The fourth-order valence-corrected chi connectivity index (χ4v) is 2.47. The first-order chi connectivity index (χ1) is 11.2. The molecule has 1 aliphatic rings. The SMILES string of the molecule is COc1ccc(N2C[C@@H](C(=O)Nc3ncccn3)CC2=O)cc1. The van der Waals surface area contributed by atoms with Gasteiger partial charge < -0.3 is 9.64 Å². The molecule has 118 valence electrons. The fraction of sp³-hybridized carbons (Fsp3) is 0.250. The van der Waals surface area contributed by atoms with E-state index in [2.05, 4.69) is 15.3 Å². The van der Waals surface area contributed by atoms with E-state index in [1.54, 1.807) is 54.7 Å². The third-order valence-corrected chi connectivity index (χ3v) is 3.68. The summed E-state index contributed by atoms with van der Waals surface area (Å²) in [5.41, 5.74) is 0.752. The molecule has 1 aromatic heterocycles. The van der Waals surface area contributed by atoms with E-state index in [0.717, 1.165) is 11.4 Å². The summed E-state index contributed by atoms with van der Waals surface area (Å²) in [6, 6.07) is 8.84. The molecular weight excluding hydrogens is 296 g/mol. The van der Waals surface area contributed by atoms with Gasteiger partial charge in [0, 0.05) is 31.0 Å². The molecule has 0 aliphatic carbocycles. The summed E-state index contributed by atoms with van der Waals surface area (Å²) in [5, 5.41) is 2.63. The maximum absolute atomic E-state index is 12.2. The van der Waals surface area contributed by atoms with E-state index in [1.165, 1.54) is 0 Å². The summed E-state index contributed by atoms with van der Waals surface area (Å²) in [6.07, 6.45) is 3.27. The monoisotopic (exact) mass is 312 g/mol. The first-order valence-electron chi connectivity index (χ1n) is 7.19. The Balaban J connectivity index is 1.67. The van der Waals surface area contributed by atoms with Crippen LogP contribution in [-0.4, -0.2) is 35.4 Å². The zero-order chi connectivity index (χ0) is 16.2. The molecule has 0 radical (unpaired) electrons. The Morgan fingerprint density at radius 1 is 1.26 bits per heavy atom. The lowest BCUT2D eigenvalue weighted by Gasteiger charge is -2.17. The van der Waals surface area contributed by atoms with Gasteiger partial charge in [0.2, 0.25) is 17.8 Å². The van der Waals surface area contributed by atoms with E-state index in [9.17, 15) is 9.59 Å². The molecule has 0 saturated carbocycles. The molecule has 23 heavy (non-hydrogen) atoms. The van der Waals surface area contributed by atoms with Gasteiger partial charge in [0.25, 0.3) is 0 Å². The van der Waals surface area contributed by atoms with Crippen molar-refractivity contribution < 1.29 is 14.3 Å². The lowest BCUT2D eigenvalue weighted by atomic mass is 10.1. The first kappa shape index (κ1) is 15.0. The summed E-state index contributed by atoms with van der Waals surface area (Å²) in [4.78, 5) is 33.9. The van der Waals surface area contributed by atoms with Crippen LogP contribution in [0.25, 0.3) is 0 Å². The second kappa shape index (κ2) is 6.43. The number of hydrogen-bond donors (Lipinski definition) is 1. The molecule has 1 atom stereocenters. The number of aromatic nitrogens is 2. The first-order valence-corrected chi connectivity index (χ1v) is 7.19. The minimum absolute atomic E-state index is 0.0794. The molecule has 2 amide bonds. The van der Waals surface area contributed by atoms with Crippen LogP contribution in [0.1, 0.15) is 6.42 Å². The van der Waals surface area contributed by atoms with Crippen molar-refractivity contribution in [1.82, 2.24) is 9.97 Å². The van der Waals surface area contributed by atoms with Gasteiger partial charge in [0.1, 0.15) is 5.75 Å². The third kappa shape index (κ3) is 3.28. The van der Waals surface area contributed by atoms with Crippen molar-refractivity contribution in [3.63, 3.8) is 0 Å². The molecule has 0 bridgehead atoms. The highest BCUT2D eigenvalue weighted by Gasteiger charge is 2.35. The van der Waals surface area contributed by atoms with Crippen molar-refractivity contribution in [2.24, 2.45) is 5.92 Å². The molecule has 2 heterocycles. The van der Waals surface area contributed by atoms with Crippen LogP contribution in [0.5, 0.6) is 5.75 Å². The largest absolute Gasteiger partial charge is 0.497 e. The van der Waals surface area contributed by atoms with E-state index in [0.29, 0.717) is 6.54 Å². The average Bonchev–Trinajstić information content (AvgIpc) is 2.98. The Morgan fingerprint density at radius 2 is 1.96 bits per heavy atom. The van der Waals surface area contributed by atoms with Crippen molar-refractivity contribution in [3.8, 4) is 5.75 Å². The minimum Gasteiger partial charge on any atom is -0.497 e. The number of anilines is 2. The number of ether oxygens (including phenoxy) is 1. The van der Waals surface area contributed by atoms with Gasteiger partial charge in [-0.15, -0.1) is 0 Å². The fourth-order valence-electron chi connectivity index (χ4n) is 2.47. The summed E-state index contributed by atoms with van der Waals surface area (Å²) < 4.78 is 5.10. The second-order valence-corrected chi connectivity index (χ2v) is 5.17. The highest BCUT2D eigenvalue weighted by molar-refractivity contribution is 6.03. The van der Waals surface area contributed by atoms with Crippen molar-refractivity contribution in [2.45, 2.75) is 6.42 Å². The molecule has 1 saturated heterocycles. The van der Waals surface area contributed by atoms with Crippen molar-refractivity contribution in [3.05, 3.63) is 42.7 Å². The molecule has 0 unspecified atom stereocenters. The van der Waals surface area contributed by atoms with Gasteiger partial charge in [0.05, 0.1) is 13.0 Å². The number of carbonyl (C=O) groups excluding carboxylic acids is 2. The minimum atomic E-state index is -0.423. The maximum atomic E-state index is 12.2. The predicted octanol–water partition coefficient (Wildman–Crippen LogP) is 1.48. The molecule has 0 spiro atoms. The van der Waals surface area contributed by atoms with Gasteiger partial charge in [-0.2, -0.15) is 0 Å². The van der Waals surface area contributed by atoms with Gasteiger partial charge in [0.15, 0.2) is 0 Å². The number of benzene rings is 1. The Kier molecular flexibility index (Phi) is 4.18. The zero-order valence-corrected chi connectivity index (χ0v) is 12.6. The molecular formula is C16H16N4O3. The molecule has 1 N–H and O–H groups in total. The number of carbonyl (C=O) groups is 2. The van der Waals surface area contributed by atoms with E-state index in [4.69, 9.17) is 4.74 Å². The number of hydrogen-bond acceptors (Lipinski definition) is 5. The van der Waals surface area contributed by atoms with Crippen LogP contribution >= 0.6 is 0 Å². The number of nitrogens with one attached hydrogen (secondary N) is 1. The lowest BCUT2D eigenvalue weighted by molar-refractivity contribution is -0.122. The predicted molar refractivity (Wildman–Crippen MR) is 84.1 cm³/mol.